The van der Waals surface area contributed by atoms with Crippen LogP contribution in [0.3, 0.4) is 0 Å². The molecule has 1 fully saturated rings. The first kappa shape index (κ1) is 16.5. The molecule has 1 aliphatic carbocycles. The monoisotopic (exact) mass is 353 g/mol. The zero-order chi connectivity index (χ0) is 18.3. The average Bonchev–Trinajstić information content (AvgIpc) is 2.99. The predicted molar refractivity (Wildman–Crippen MR) is 94.7 cm³/mol. The Kier molecular flexibility index (Phi) is 4.07. The van der Waals surface area contributed by atoms with Gasteiger partial charge in [-0.3, -0.25) is 4.79 Å². The van der Waals surface area contributed by atoms with Gasteiger partial charge in [-0.05, 0) is 90.0 Å². The lowest BCUT2D eigenvalue weighted by molar-refractivity contribution is -0.145. The molecule has 1 aromatic heterocycles. The van der Waals surface area contributed by atoms with Crippen molar-refractivity contribution in [3.63, 3.8) is 0 Å². The van der Waals surface area contributed by atoms with E-state index in [1.807, 2.05) is 6.07 Å². The average molecular weight is 353 g/mol. The third-order valence-corrected chi connectivity index (χ3v) is 5.06. The summed E-state index contributed by atoms with van der Waals surface area (Å²) >= 11 is 0. The maximum absolute atomic E-state index is 13.3. The van der Waals surface area contributed by atoms with Crippen LogP contribution in [0.1, 0.15) is 24.3 Å². The number of hydrogen-bond donors (Lipinski definition) is 2. The van der Waals surface area contributed by atoms with Crippen molar-refractivity contribution in [1.82, 2.24) is 4.98 Å². The van der Waals surface area contributed by atoms with Crippen LogP contribution in [0.15, 0.2) is 54.6 Å². The SMILES string of the molecule is O=C(O)C1CC(c2cc(-c3ccc(F)cc3)[nH]c2-c2ccc(F)cc2)C1. The molecule has 3 aromatic rings. The molecule has 26 heavy (non-hydrogen) atoms. The van der Waals surface area contributed by atoms with E-state index in [-0.39, 0.29) is 23.5 Å². The highest BCUT2D eigenvalue weighted by atomic mass is 19.1. The highest BCUT2D eigenvalue weighted by Crippen LogP contribution is 2.46. The summed E-state index contributed by atoms with van der Waals surface area (Å²) in [6.07, 6.45) is 1.18. The van der Waals surface area contributed by atoms with E-state index in [4.69, 9.17) is 5.11 Å². The molecule has 2 aromatic carbocycles. The van der Waals surface area contributed by atoms with Gasteiger partial charge in [0.2, 0.25) is 0 Å². The molecule has 0 radical (unpaired) electrons. The molecule has 5 heteroatoms. The summed E-state index contributed by atoms with van der Waals surface area (Å²) in [5.41, 5.74) is 4.40. The van der Waals surface area contributed by atoms with Crippen molar-refractivity contribution in [3.05, 3.63) is 71.8 Å². The van der Waals surface area contributed by atoms with Gasteiger partial charge >= 0.3 is 5.97 Å². The minimum Gasteiger partial charge on any atom is -0.481 e. The molecule has 0 spiro atoms. The zero-order valence-corrected chi connectivity index (χ0v) is 13.9. The van der Waals surface area contributed by atoms with Gasteiger partial charge < -0.3 is 10.1 Å². The molecule has 1 saturated carbocycles. The highest BCUT2D eigenvalue weighted by Gasteiger charge is 2.37. The highest BCUT2D eigenvalue weighted by molar-refractivity contribution is 5.75. The molecule has 2 N–H and O–H groups in total. The minimum atomic E-state index is -0.765. The molecule has 0 atom stereocenters. The van der Waals surface area contributed by atoms with E-state index in [0.717, 1.165) is 28.1 Å². The Balaban J connectivity index is 1.74. The summed E-state index contributed by atoms with van der Waals surface area (Å²) in [7, 11) is 0. The van der Waals surface area contributed by atoms with Gasteiger partial charge in [-0.2, -0.15) is 0 Å². The van der Waals surface area contributed by atoms with Crippen molar-refractivity contribution in [2.45, 2.75) is 18.8 Å². The second-order valence-corrected chi connectivity index (χ2v) is 6.73. The van der Waals surface area contributed by atoms with Crippen LogP contribution < -0.4 is 0 Å². The Hall–Kier alpha value is -2.95. The number of benzene rings is 2. The van der Waals surface area contributed by atoms with E-state index in [2.05, 4.69) is 4.98 Å². The summed E-state index contributed by atoms with van der Waals surface area (Å²) in [5, 5.41) is 9.14. The number of rotatable bonds is 4. The van der Waals surface area contributed by atoms with Gasteiger partial charge in [-0.25, -0.2) is 8.78 Å². The zero-order valence-electron chi connectivity index (χ0n) is 13.9. The topological polar surface area (TPSA) is 53.1 Å². The Labute approximate surface area is 149 Å². The van der Waals surface area contributed by atoms with Crippen molar-refractivity contribution in [3.8, 4) is 22.5 Å². The molecular formula is C21H17F2NO2. The molecular weight excluding hydrogens is 336 g/mol. The standard InChI is InChI=1S/C21H17F2NO2/c22-16-5-1-12(2-6-16)19-11-18(14-9-15(10-14)21(25)26)20(24-19)13-3-7-17(23)8-4-13/h1-8,11,14-15,24H,9-10H2,(H,25,26). The fraction of sp³-hybridized carbons (Fsp3) is 0.190. The van der Waals surface area contributed by atoms with E-state index < -0.39 is 5.97 Å². The van der Waals surface area contributed by atoms with Crippen LogP contribution in [-0.4, -0.2) is 16.1 Å². The Morgan fingerprint density at radius 3 is 2.00 bits per heavy atom. The minimum absolute atomic E-state index is 0.140. The molecule has 3 nitrogen and oxygen atoms in total. The van der Waals surface area contributed by atoms with Gasteiger partial charge in [0.15, 0.2) is 0 Å². The van der Waals surface area contributed by atoms with Gasteiger partial charge in [-0.1, -0.05) is 0 Å². The first-order valence-electron chi connectivity index (χ1n) is 8.49. The predicted octanol–water partition coefficient (Wildman–Crippen LogP) is 5.21. The maximum atomic E-state index is 13.3. The normalized spacial score (nSPS) is 19.2. The number of aromatic amines is 1. The van der Waals surface area contributed by atoms with Gasteiger partial charge in [0, 0.05) is 11.4 Å². The van der Waals surface area contributed by atoms with Gasteiger partial charge in [0.05, 0.1) is 5.92 Å². The van der Waals surface area contributed by atoms with Crippen molar-refractivity contribution >= 4 is 5.97 Å². The first-order chi connectivity index (χ1) is 12.5. The van der Waals surface area contributed by atoms with Gasteiger partial charge in [0.25, 0.3) is 0 Å². The van der Waals surface area contributed by atoms with Crippen LogP contribution >= 0.6 is 0 Å². The van der Waals surface area contributed by atoms with E-state index in [1.54, 1.807) is 24.3 Å². The molecule has 0 aliphatic heterocycles. The summed E-state index contributed by atoms with van der Waals surface area (Å²) in [5.74, 6) is -1.55. The number of carboxylic acids is 1. The van der Waals surface area contributed by atoms with Gasteiger partial charge in [-0.15, -0.1) is 0 Å². The van der Waals surface area contributed by atoms with Gasteiger partial charge in [0.1, 0.15) is 11.6 Å². The molecule has 0 bridgehead atoms. The summed E-state index contributed by atoms with van der Waals surface area (Å²) < 4.78 is 26.5. The number of carboxylic acid groups (broad SMARTS) is 1. The second kappa shape index (κ2) is 6.41. The van der Waals surface area contributed by atoms with Crippen molar-refractivity contribution in [2.24, 2.45) is 5.92 Å². The number of halogens is 2. The first-order valence-corrected chi connectivity index (χ1v) is 8.49. The van der Waals surface area contributed by atoms with Crippen molar-refractivity contribution in [1.29, 1.82) is 0 Å². The van der Waals surface area contributed by atoms with Crippen molar-refractivity contribution in [2.75, 3.05) is 0 Å². The third kappa shape index (κ3) is 3.01. The van der Waals surface area contributed by atoms with Crippen LogP contribution in [0.25, 0.3) is 22.5 Å². The van der Waals surface area contributed by atoms with Crippen LogP contribution in [-0.2, 0) is 4.79 Å². The fourth-order valence-electron chi connectivity index (χ4n) is 3.51. The Bertz CT molecular complexity index is 939. The molecule has 0 saturated heterocycles. The lowest BCUT2D eigenvalue weighted by atomic mass is 9.71. The van der Waals surface area contributed by atoms with Crippen LogP contribution in [0, 0.1) is 17.6 Å². The van der Waals surface area contributed by atoms with Crippen LogP contribution in [0.5, 0.6) is 0 Å². The van der Waals surface area contributed by atoms with E-state index in [9.17, 15) is 13.6 Å². The van der Waals surface area contributed by atoms with Crippen LogP contribution in [0.4, 0.5) is 8.78 Å². The summed E-state index contributed by atoms with van der Waals surface area (Å²) in [6.45, 7) is 0. The second-order valence-electron chi connectivity index (χ2n) is 6.73. The molecule has 132 valence electrons. The quantitative estimate of drug-likeness (QED) is 0.677. The van der Waals surface area contributed by atoms with E-state index >= 15 is 0 Å². The molecule has 1 aliphatic rings. The van der Waals surface area contributed by atoms with E-state index in [0.29, 0.717) is 12.8 Å². The van der Waals surface area contributed by atoms with Crippen LogP contribution in [0.2, 0.25) is 0 Å². The Morgan fingerprint density at radius 2 is 1.46 bits per heavy atom. The number of hydrogen-bond acceptors (Lipinski definition) is 1. The number of nitrogens with one attached hydrogen (secondary N) is 1. The third-order valence-electron chi connectivity index (χ3n) is 5.06. The number of H-pyrrole nitrogens is 1. The lowest BCUT2D eigenvalue weighted by Crippen LogP contribution is -2.28. The number of carbonyl (C=O) groups is 1. The smallest absolute Gasteiger partial charge is 0.306 e. The largest absolute Gasteiger partial charge is 0.481 e. The molecule has 1 heterocycles. The fourth-order valence-corrected chi connectivity index (χ4v) is 3.51. The summed E-state index contributed by atoms with van der Waals surface area (Å²) in [6, 6.07) is 14.4. The molecule has 0 unspecified atom stereocenters. The molecule has 0 amide bonds. The summed E-state index contributed by atoms with van der Waals surface area (Å²) in [4.78, 5) is 14.5. The lowest BCUT2D eigenvalue weighted by Gasteiger charge is -2.32. The Morgan fingerprint density at radius 1 is 0.923 bits per heavy atom. The molecule has 4 rings (SSSR count). The maximum Gasteiger partial charge on any atom is 0.306 e. The van der Waals surface area contributed by atoms with E-state index in [1.165, 1.54) is 24.3 Å². The number of aromatic nitrogens is 1. The number of aliphatic carboxylic acids is 1. The van der Waals surface area contributed by atoms with Crippen molar-refractivity contribution < 1.29 is 18.7 Å².